The summed E-state index contributed by atoms with van der Waals surface area (Å²) in [6.45, 7) is 3.19. The van der Waals surface area contributed by atoms with Crippen LogP contribution in [-0.2, 0) is 13.6 Å². The van der Waals surface area contributed by atoms with Gasteiger partial charge in [0.1, 0.15) is 0 Å². The molecule has 2 heterocycles. The number of likely N-dealkylation sites (tertiary alicyclic amines) is 1. The normalized spacial score (nSPS) is 18.0. The van der Waals surface area contributed by atoms with Gasteiger partial charge in [0.25, 0.3) is 0 Å². The monoisotopic (exact) mass is 293 g/mol. The van der Waals surface area contributed by atoms with Gasteiger partial charge in [-0.15, -0.1) is 0 Å². The lowest BCUT2D eigenvalue weighted by Crippen LogP contribution is -2.35. The molecule has 22 heavy (non-hydrogen) atoms. The molecular formula is C19H23N3. The van der Waals surface area contributed by atoms with Crippen molar-refractivity contribution >= 4 is 0 Å². The Morgan fingerprint density at radius 2 is 1.86 bits per heavy atom. The zero-order valence-electron chi connectivity index (χ0n) is 13.2. The van der Waals surface area contributed by atoms with E-state index in [1.807, 2.05) is 19.3 Å². The molecule has 0 saturated carbocycles. The number of rotatable bonds is 4. The maximum atomic E-state index is 9.60. The zero-order valence-corrected chi connectivity index (χ0v) is 13.2. The Kier molecular flexibility index (Phi) is 4.60. The summed E-state index contributed by atoms with van der Waals surface area (Å²) < 4.78 is 2.09. The maximum absolute atomic E-state index is 9.60. The van der Waals surface area contributed by atoms with Crippen molar-refractivity contribution in [3.63, 3.8) is 0 Å². The summed E-state index contributed by atoms with van der Waals surface area (Å²) in [4.78, 5) is 2.51. The first kappa shape index (κ1) is 14.9. The number of hydrogen-bond acceptors (Lipinski definition) is 2. The van der Waals surface area contributed by atoms with Crippen LogP contribution in [0.25, 0.3) is 0 Å². The van der Waals surface area contributed by atoms with E-state index in [4.69, 9.17) is 0 Å². The van der Waals surface area contributed by atoms with Crippen LogP contribution in [0.15, 0.2) is 48.7 Å². The van der Waals surface area contributed by atoms with E-state index in [-0.39, 0.29) is 5.92 Å². The Labute approximate surface area is 132 Å². The fourth-order valence-corrected chi connectivity index (χ4v) is 3.50. The van der Waals surface area contributed by atoms with Crippen molar-refractivity contribution in [3.8, 4) is 6.07 Å². The number of nitrogens with zero attached hydrogens (tertiary/aromatic N) is 3. The highest BCUT2D eigenvalue weighted by Crippen LogP contribution is 2.32. The number of benzene rings is 1. The van der Waals surface area contributed by atoms with Crippen molar-refractivity contribution in [2.24, 2.45) is 13.0 Å². The predicted molar refractivity (Wildman–Crippen MR) is 88.2 cm³/mol. The van der Waals surface area contributed by atoms with E-state index < -0.39 is 0 Å². The second kappa shape index (κ2) is 6.81. The van der Waals surface area contributed by atoms with Gasteiger partial charge >= 0.3 is 0 Å². The number of nitriles is 1. The molecule has 0 N–H and O–H groups in total. The lowest BCUT2D eigenvalue weighted by atomic mass is 9.83. The average Bonchev–Trinajstić information content (AvgIpc) is 2.97. The molecule has 1 aromatic heterocycles. The molecule has 1 saturated heterocycles. The minimum Gasteiger partial charge on any atom is -0.353 e. The highest BCUT2D eigenvalue weighted by atomic mass is 15.1. The molecule has 114 valence electrons. The van der Waals surface area contributed by atoms with Gasteiger partial charge in [-0.3, -0.25) is 4.90 Å². The van der Waals surface area contributed by atoms with Gasteiger partial charge in [0, 0.05) is 25.5 Å². The van der Waals surface area contributed by atoms with Crippen LogP contribution in [0, 0.1) is 17.2 Å². The number of aryl methyl sites for hydroxylation is 1. The average molecular weight is 293 g/mol. The van der Waals surface area contributed by atoms with E-state index in [2.05, 4.69) is 51.9 Å². The first-order chi connectivity index (χ1) is 10.8. The van der Waals surface area contributed by atoms with E-state index in [1.54, 1.807) is 0 Å². The molecule has 3 rings (SSSR count). The van der Waals surface area contributed by atoms with E-state index in [9.17, 15) is 5.26 Å². The fraction of sp³-hybridized carbons (Fsp3) is 0.421. The van der Waals surface area contributed by atoms with Crippen LogP contribution in [0.5, 0.6) is 0 Å². The molecule has 1 aliphatic rings. The van der Waals surface area contributed by atoms with Gasteiger partial charge in [-0.25, -0.2) is 0 Å². The van der Waals surface area contributed by atoms with Gasteiger partial charge in [0.15, 0.2) is 0 Å². The van der Waals surface area contributed by atoms with Crippen molar-refractivity contribution in [1.82, 2.24) is 9.47 Å². The number of hydrogen-bond donors (Lipinski definition) is 0. The van der Waals surface area contributed by atoms with Crippen molar-refractivity contribution in [2.45, 2.75) is 25.3 Å². The topological polar surface area (TPSA) is 32.0 Å². The molecule has 1 fully saturated rings. The summed E-state index contributed by atoms with van der Waals surface area (Å²) in [5.41, 5.74) is 2.53. The van der Waals surface area contributed by atoms with E-state index in [0.717, 1.165) is 38.2 Å². The lowest BCUT2D eigenvalue weighted by molar-refractivity contribution is 0.169. The summed E-state index contributed by atoms with van der Waals surface area (Å²) in [5, 5.41) is 9.60. The largest absolute Gasteiger partial charge is 0.353 e. The molecule has 1 aliphatic heterocycles. The third-order valence-corrected chi connectivity index (χ3v) is 4.79. The van der Waals surface area contributed by atoms with Crippen LogP contribution in [0.3, 0.4) is 0 Å². The van der Waals surface area contributed by atoms with E-state index in [0.29, 0.717) is 5.92 Å². The van der Waals surface area contributed by atoms with Gasteiger partial charge < -0.3 is 4.57 Å². The van der Waals surface area contributed by atoms with Crippen molar-refractivity contribution in [2.75, 3.05) is 13.1 Å². The molecule has 3 nitrogen and oxygen atoms in total. The minimum absolute atomic E-state index is 0.0267. The Bertz CT molecular complexity index is 630. The molecule has 1 atom stereocenters. The van der Waals surface area contributed by atoms with Gasteiger partial charge in [0.05, 0.1) is 12.0 Å². The first-order valence-corrected chi connectivity index (χ1v) is 8.05. The standard InChI is InChI=1S/C19H23N3/c1-21-11-5-8-19(21)18(14-20)17-9-12-22(13-10-17)15-16-6-3-2-4-7-16/h2-8,11,17-18H,9-10,12-13,15H2,1H3. The number of aromatic nitrogens is 1. The van der Waals surface area contributed by atoms with Crippen molar-refractivity contribution in [1.29, 1.82) is 5.26 Å². The molecule has 0 spiro atoms. The molecular weight excluding hydrogens is 270 g/mol. The minimum atomic E-state index is 0.0267. The molecule has 1 unspecified atom stereocenters. The van der Waals surface area contributed by atoms with Crippen LogP contribution in [-0.4, -0.2) is 22.6 Å². The van der Waals surface area contributed by atoms with Crippen molar-refractivity contribution < 1.29 is 0 Å². The summed E-state index contributed by atoms with van der Waals surface area (Å²) in [7, 11) is 2.03. The van der Waals surface area contributed by atoms with Crippen LogP contribution in [0.2, 0.25) is 0 Å². The van der Waals surface area contributed by atoms with Gasteiger partial charge in [-0.05, 0) is 49.5 Å². The zero-order chi connectivity index (χ0) is 15.4. The Morgan fingerprint density at radius 1 is 1.14 bits per heavy atom. The second-order valence-corrected chi connectivity index (χ2v) is 6.25. The Balaban J connectivity index is 1.59. The first-order valence-electron chi connectivity index (χ1n) is 8.05. The van der Waals surface area contributed by atoms with Crippen LogP contribution in [0.4, 0.5) is 0 Å². The van der Waals surface area contributed by atoms with Crippen molar-refractivity contribution in [3.05, 3.63) is 59.9 Å². The van der Waals surface area contributed by atoms with Gasteiger partial charge in [-0.2, -0.15) is 5.26 Å². The van der Waals surface area contributed by atoms with Gasteiger partial charge in [-0.1, -0.05) is 30.3 Å². The van der Waals surface area contributed by atoms with Crippen LogP contribution < -0.4 is 0 Å². The maximum Gasteiger partial charge on any atom is 0.0893 e. The highest BCUT2D eigenvalue weighted by Gasteiger charge is 2.28. The summed E-state index contributed by atoms with van der Waals surface area (Å²) in [6.07, 6.45) is 4.25. The summed E-state index contributed by atoms with van der Waals surface area (Å²) in [6, 6.07) is 17.3. The highest BCUT2D eigenvalue weighted by molar-refractivity contribution is 5.21. The van der Waals surface area contributed by atoms with Gasteiger partial charge in [0.2, 0.25) is 0 Å². The molecule has 3 heteroatoms. The summed E-state index contributed by atoms with van der Waals surface area (Å²) >= 11 is 0. The molecule has 0 radical (unpaired) electrons. The molecule has 0 aliphatic carbocycles. The smallest absolute Gasteiger partial charge is 0.0893 e. The molecule has 0 amide bonds. The lowest BCUT2D eigenvalue weighted by Gasteiger charge is -2.34. The molecule has 0 bridgehead atoms. The molecule has 1 aromatic carbocycles. The van der Waals surface area contributed by atoms with Crippen LogP contribution in [0.1, 0.15) is 30.0 Å². The second-order valence-electron chi connectivity index (χ2n) is 6.25. The molecule has 2 aromatic rings. The SMILES string of the molecule is Cn1cccc1C(C#N)C1CCN(Cc2ccccc2)CC1. The number of piperidine rings is 1. The van der Waals surface area contributed by atoms with E-state index >= 15 is 0 Å². The fourth-order valence-electron chi connectivity index (χ4n) is 3.50. The summed E-state index contributed by atoms with van der Waals surface area (Å²) in [5.74, 6) is 0.504. The quantitative estimate of drug-likeness (QED) is 0.863. The Morgan fingerprint density at radius 3 is 2.45 bits per heavy atom. The van der Waals surface area contributed by atoms with Crippen LogP contribution >= 0.6 is 0 Å². The van der Waals surface area contributed by atoms with E-state index in [1.165, 1.54) is 5.56 Å². The third-order valence-electron chi connectivity index (χ3n) is 4.79. The third kappa shape index (κ3) is 3.23. The predicted octanol–water partition coefficient (Wildman–Crippen LogP) is 3.54. The Hall–Kier alpha value is -2.05.